The lowest BCUT2D eigenvalue weighted by atomic mass is 9.91. The molecule has 130 valence electrons. The molecule has 1 unspecified atom stereocenters. The summed E-state index contributed by atoms with van der Waals surface area (Å²) in [6.45, 7) is 1.62. The average molecular weight is 378 g/mol. The van der Waals surface area contributed by atoms with Crippen LogP contribution in [0.1, 0.15) is 24.8 Å². The summed E-state index contributed by atoms with van der Waals surface area (Å²) in [5.74, 6) is 1.64. The monoisotopic (exact) mass is 377 g/mol. The minimum Gasteiger partial charge on any atom is -0.385 e. The number of aliphatic hydroxyl groups is 1. The SMILES string of the molecule is OC(c1ncc[nH]1)C1CCN(c2cnc3cc(Cl)c(Cl)cc3n2)CC1. The lowest BCUT2D eigenvalue weighted by Crippen LogP contribution is -2.36. The second kappa shape index (κ2) is 6.78. The molecule has 0 aliphatic carbocycles. The molecule has 25 heavy (non-hydrogen) atoms. The first-order valence-electron chi connectivity index (χ1n) is 8.16. The zero-order valence-electron chi connectivity index (χ0n) is 13.4. The summed E-state index contributed by atoms with van der Waals surface area (Å²) in [5, 5.41) is 11.4. The van der Waals surface area contributed by atoms with Crippen LogP contribution >= 0.6 is 23.2 Å². The summed E-state index contributed by atoms with van der Waals surface area (Å²) in [5.41, 5.74) is 1.45. The Kier molecular flexibility index (Phi) is 4.50. The summed E-state index contributed by atoms with van der Waals surface area (Å²) in [7, 11) is 0. The van der Waals surface area contributed by atoms with Gasteiger partial charge in [0.15, 0.2) is 0 Å². The van der Waals surface area contributed by atoms with Gasteiger partial charge in [0.1, 0.15) is 17.7 Å². The van der Waals surface area contributed by atoms with E-state index < -0.39 is 6.10 Å². The van der Waals surface area contributed by atoms with E-state index in [0.717, 1.165) is 42.8 Å². The Balaban J connectivity index is 1.49. The molecule has 2 N–H and O–H groups in total. The van der Waals surface area contributed by atoms with Crippen molar-refractivity contribution in [3.63, 3.8) is 0 Å². The minimum atomic E-state index is -0.555. The highest BCUT2D eigenvalue weighted by Crippen LogP contribution is 2.31. The Labute approximate surface area is 154 Å². The summed E-state index contributed by atoms with van der Waals surface area (Å²) in [4.78, 5) is 18.4. The van der Waals surface area contributed by atoms with E-state index in [-0.39, 0.29) is 5.92 Å². The molecule has 1 atom stereocenters. The number of imidazole rings is 1. The molecular weight excluding hydrogens is 361 g/mol. The Morgan fingerprint density at radius 3 is 2.52 bits per heavy atom. The van der Waals surface area contributed by atoms with Gasteiger partial charge >= 0.3 is 0 Å². The molecule has 4 rings (SSSR count). The van der Waals surface area contributed by atoms with Crippen LogP contribution in [0.3, 0.4) is 0 Å². The smallest absolute Gasteiger partial charge is 0.147 e. The quantitative estimate of drug-likeness (QED) is 0.728. The Hall–Kier alpha value is -1.89. The maximum atomic E-state index is 10.4. The Morgan fingerprint density at radius 1 is 1.12 bits per heavy atom. The number of fused-ring (bicyclic) bond motifs is 1. The fourth-order valence-corrected chi connectivity index (χ4v) is 3.57. The van der Waals surface area contributed by atoms with Crippen LogP contribution in [0.5, 0.6) is 0 Å². The average Bonchev–Trinajstić information content (AvgIpc) is 3.16. The summed E-state index contributed by atoms with van der Waals surface area (Å²) in [6, 6.07) is 3.46. The number of halogens is 2. The summed E-state index contributed by atoms with van der Waals surface area (Å²) >= 11 is 12.1. The van der Waals surface area contributed by atoms with Gasteiger partial charge in [-0.25, -0.2) is 9.97 Å². The van der Waals surface area contributed by atoms with Crippen molar-refractivity contribution in [1.29, 1.82) is 0 Å². The zero-order valence-corrected chi connectivity index (χ0v) is 14.9. The number of aromatic nitrogens is 4. The molecule has 0 amide bonds. The minimum absolute atomic E-state index is 0.184. The van der Waals surface area contributed by atoms with E-state index in [2.05, 4.69) is 24.8 Å². The molecule has 0 bridgehead atoms. The molecule has 3 heterocycles. The number of anilines is 1. The zero-order chi connectivity index (χ0) is 17.4. The highest BCUT2D eigenvalue weighted by Gasteiger charge is 2.28. The van der Waals surface area contributed by atoms with Crippen molar-refractivity contribution in [1.82, 2.24) is 19.9 Å². The van der Waals surface area contributed by atoms with E-state index in [1.54, 1.807) is 30.7 Å². The Morgan fingerprint density at radius 2 is 1.84 bits per heavy atom. The molecule has 1 aliphatic rings. The van der Waals surface area contributed by atoms with Gasteiger partial charge < -0.3 is 15.0 Å². The van der Waals surface area contributed by atoms with E-state index in [0.29, 0.717) is 15.9 Å². The number of rotatable bonds is 3. The highest BCUT2D eigenvalue weighted by atomic mass is 35.5. The van der Waals surface area contributed by atoms with E-state index in [9.17, 15) is 5.11 Å². The number of nitrogens with one attached hydrogen (secondary N) is 1. The Bertz CT molecular complexity index is 878. The molecule has 1 aromatic carbocycles. The molecule has 1 aliphatic heterocycles. The molecule has 8 heteroatoms. The van der Waals surface area contributed by atoms with Crippen molar-refractivity contribution in [3.05, 3.63) is 46.6 Å². The second-order valence-corrected chi connectivity index (χ2v) is 7.04. The largest absolute Gasteiger partial charge is 0.385 e. The maximum Gasteiger partial charge on any atom is 0.147 e. The van der Waals surface area contributed by atoms with Gasteiger partial charge in [-0.1, -0.05) is 23.2 Å². The van der Waals surface area contributed by atoms with Crippen LogP contribution in [0.4, 0.5) is 5.82 Å². The van der Waals surface area contributed by atoms with Crippen LogP contribution in [0.25, 0.3) is 11.0 Å². The van der Waals surface area contributed by atoms with E-state index in [1.165, 1.54) is 0 Å². The standard InChI is InChI=1S/C17H17Cl2N5O/c18-11-7-13-14(8-12(11)19)23-15(9-22-13)24-5-1-10(2-6-24)16(25)17-20-3-4-21-17/h3-4,7-10,16,25H,1-2,5-6H2,(H,20,21). The molecule has 1 saturated heterocycles. The van der Waals surface area contributed by atoms with Crippen LogP contribution < -0.4 is 4.90 Å². The maximum absolute atomic E-state index is 10.4. The molecule has 1 fully saturated rings. The molecular formula is C17H17Cl2N5O. The van der Waals surface area contributed by atoms with Crippen molar-refractivity contribution in [3.8, 4) is 0 Å². The summed E-state index contributed by atoms with van der Waals surface area (Å²) < 4.78 is 0. The molecule has 2 aromatic heterocycles. The highest BCUT2D eigenvalue weighted by molar-refractivity contribution is 6.42. The van der Waals surface area contributed by atoms with E-state index >= 15 is 0 Å². The number of hydrogen-bond donors (Lipinski definition) is 2. The van der Waals surface area contributed by atoms with Gasteiger partial charge in [-0.15, -0.1) is 0 Å². The number of H-pyrrole nitrogens is 1. The second-order valence-electron chi connectivity index (χ2n) is 6.23. The number of piperidine rings is 1. The third-order valence-corrected chi connectivity index (χ3v) is 5.40. The lowest BCUT2D eigenvalue weighted by molar-refractivity contribution is 0.0856. The number of benzene rings is 1. The first-order chi connectivity index (χ1) is 12.1. The van der Waals surface area contributed by atoms with Gasteiger partial charge in [-0.2, -0.15) is 0 Å². The van der Waals surface area contributed by atoms with Gasteiger partial charge in [-0.05, 0) is 30.9 Å². The number of nitrogens with zero attached hydrogens (tertiary/aromatic N) is 4. The van der Waals surface area contributed by atoms with Gasteiger partial charge in [0, 0.05) is 25.5 Å². The first kappa shape index (κ1) is 16.6. The number of hydrogen-bond acceptors (Lipinski definition) is 5. The molecule has 0 radical (unpaired) electrons. The molecule has 0 saturated carbocycles. The predicted octanol–water partition coefficient (Wildman–Crippen LogP) is 3.61. The number of aromatic amines is 1. The topological polar surface area (TPSA) is 77.9 Å². The van der Waals surface area contributed by atoms with Crippen molar-refractivity contribution in [2.75, 3.05) is 18.0 Å². The van der Waals surface area contributed by atoms with Crippen LogP contribution in [-0.4, -0.2) is 38.1 Å². The predicted molar refractivity (Wildman–Crippen MR) is 98.0 cm³/mol. The third-order valence-electron chi connectivity index (χ3n) is 4.68. The molecule has 3 aromatic rings. The van der Waals surface area contributed by atoms with Crippen LogP contribution in [0, 0.1) is 5.92 Å². The van der Waals surface area contributed by atoms with Crippen LogP contribution in [-0.2, 0) is 0 Å². The molecule has 6 nitrogen and oxygen atoms in total. The summed E-state index contributed by atoms with van der Waals surface area (Å²) in [6.07, 6.45) is 6.33. The van der Waals surface area contributed by atoms with E-state index in [1.807, 2.05) is 0 Å². The van der Waals surface area contributed by atoms with Gasteiger partial charge in [0.25, 0.3) is 0 Å². The van der Waals surface area contributed by atoms with E-state index in [4.69, 9.17) is 23.2 Å². The first-order valence-corrected chi connectivity index (χ1v) is 8.91. The third kappa shape index (κ3) is 3.29. The van der Waals surface area contributed by atoms with Crippen LogP contribution in [0.2, 0.25) is 10.0 Å². The normalized spacial score (nSPS) is 17.2. The van der Waals surface area contributed by atoms with Gasteiger partial charge in [0.2, 0.25) is 0 Å². The van der Waals surface area contributed by atoms with Gasteiger partial charge in [-0.3, -0.25) is 4.98 Å². The number of aliphatic hydroxyl groups excluding tert-OH is 1. The van der Waals surface area contributed by atoms with Crippen LogP contribution in [0.15, 0.2) is 30.7 Å². The van der Waals surface area contributed by atoms with Crippen molar-refractivity contribution in [2.45, 2.75) is 18.9 Å². The lowest BCUT2D eigenvalue weighted by Gasteiger charge is -2.34. The fourth-order valence-electron chi connectivity index (χ4n) is 3.26. The fraction of sp³-hybridized carbons (Fsp3) is 0.353. The van der Waals surface area contributed by atoms with Crippen molar-refractivity contribution < 1.29 is 5.11 Å². The van der Waals surface area contributed by atoms with Crippen molar-refractivity contribution >= 4 is 40.1 Å². The van der Waals surface area contributed by atoms with Crippen molar-refractivity contribution in [2.24, 2.45) is 5.92 Å². The van der Waals surface area contributed by atoms with Gasteiger partial charge in [0.05, 0.1) is 27.3 Å². The molecule has 0 spiro atoms.